The second-order valence-corrected chi connectivity index (χ2v) is 6.65. The zero-order valence-corrected chi connectivity index (χ0v) is 13.0. The minimum Gasteiger partial charge on any atom is -0.496 e. The predicted octanol–water partition coefficient (Wildman–Crippen LogP) is 3.24. The first-order valence-electron chi connectivity index (χ1n) is 8.08. The Morgan fingerprint density at radius 1 is 1.33 bits per heavy atom. The summed E-state index contributed by atoms with van der Waals surface area (Å²) >= 11 is 0. The largest absolute Gasteiger partial charge is 0.496 e. The summed E-state index contributed by atoms with van der Waals surface area (Å²) in [6.07, 6.45) is 6.62. The smallest absolute Gasteiger partial charge is 0.220 e. The van der Waals surface area contributed by atoms with Gasteiger partial charge in [0.15, 0.2) is 0 Å². The van der Waals surface area contributed by atoms with Gasteiger partial charge in [-0.1, -0.05) is 18.6 Å². The molecule has 1 aromatic rings. The number of hydrogen-bond acceptors (Lipinski definition) is 2. The van der Waals surface area contributed by atoms with Gasteiger partial charge in [-0.25, -0.2) is 0 Å². The van der Waals surface area contributed by atoms with Crippen LogP contribution in [0.4, 0.5) is 0 Å². The number of aryl methyl sites for hydroxylation is 2. The molecule has 2 aliphatic rings. The average molecular weight is 287 g/mol. The number of fused-ring (bicyclic) bond motifs is 2. The van der Waals surface area contributed by atoms with E-state index >= 15 is 0 Å². The molecule has 2 bridgehead atoms. The molecule has 1 aromatic carbocycles. The highest BCUT2D eigenvalue weighted by atomic mass is 16.5. The molecule has 21 heavy (non-hydrogen) atoms. The number of amides is 1. The van der Waals surface area contributed by atoms with Crippen molar-refractivity contribution in [3.05, 3.63) is 29.3 Å². The monoisotopic (exact) mass is 287 g/mol. The van der Waals surface area contributed by atoms with Crippen LogP contribution in [-0.4, -0.2) is 19.1 Å². The van der Waals surface area contributed by atoms with Gasteiger partial charge in [0.05, 0.1) is 7.11 Å². The lowest BCUT2D eigenvalue weighted by atomic mass is 9.95. The van der Waals surface area contributed by atoms with Gasteiger partial charge in [0.25, 0.3) is 0 Å². The van der Waals surface area contributed by atoms with Crippen molar-refractivity contribution < 1.29 is 9.53 Å². The van der Waals surface area contributed by atoms with Crippen LogP contribution in [0.3, 0.4) is 0 Å². The standard InChI is InChI=1S/C18H25NO2/c1-12-9-13(4-7-17(12)21-2)5-8-18(20)19-16-11-14-3-6-15(16)10-14/h4,7,9,14-16H,3,5-6,8,10-11H2,1-2H3,(H,19,20)/t14-,15-,16-/m1/s1. The molecule has 0 heterocycles. The van der Waals surface area contributed by atoms with Crippen LogP contribution in [0, 0.1) is 18.8 Å². The number of hydrogen-bond donors (Lipinski definition) is 1. The summed E-state index contributed by atoms with van der Waals surface area (Å²) in [6, 6.07) is 6.60. The summed E-state index contributed by atoms with van der Waals surface area (Å²) in [6.45, 7) is 2.04. The molecule has 3 nitrogen and oxygen atoms in total. The van der Waals surface area contributed by atoms with E-state index in [0.29, 0.717) is 12.5 Å². The topological polar surface area (TPSA) is 38.3 Å². The van der Waals surface area contributed by atoms with E-state index in [1.165, 1.54) is 31.2 Å². The van der Waals surface area contributed by atoms with Gasteiger partial charge in [-0.05, 0) is 61.6 Å². The minimum atomic E-state index is 0.209. The van der Waals surface area contributed by atoms with Crippen molar-refractivity contribution in [3.63, 3.8) is 0 Å². The second kappa shape index (κ2) is 6.08. The summed E-state index contributed by atoms with van der Waals surface area (Å²) in [5.41, 5.74) is 2.33. The average Bonchev–Trinajstić information content (AvgIpc) is 3.08. The van der Waals surface area contributed by atoms with E-state index in [0.717, 1.165) is 29.6 Å². The number of methoxy groups -OCH3 is 1. The highest BCUT2D eigenvalue weighted by Crippen LogP contribution is 2.44. The fourth-order valence-electron chi connectivity index (χ4n) is 4.05. The van der Waals surface area contributed by atoms with E-state index in [2.05, 4.69) is 17.4 Å². The van der Waals surface area contributed by atoms with Gasteiger partial charge in [0.1, 0.15) is 5.75 Å². The van der Waals surface area contributed by atoms with Crippen LogP contribution in [-0.2, 0) is 11.2 Å². The van der Waals surface area contributed by atoms with E-state index < -0.39 is 0 Å². The van der Waals surface area contributed by atoms with Crippen LogP contribution in [0.1, 0.15) is 43.2 Å². The van der Waals surface area contributed by atoms with Crippen molar-refractivity contribution in [2.75, 3.05) is 7.11 Å². The molecule has 0 unspecified atom stereocenters. The van der Waals surface area contributed by atoms with Crippen LogP contribution in [0.2, 0.25) is 0 Å². The molecule has 2 saturated carbocycles. The van der Waals surface area contributed by atoms with Crippen LogP contribution >= 0.6 is 0 Å². The molecule has 2 fully saturated rings. The Hall–Kier alpha value is -1.51. The molecular weight excluding hydrogens is 262 g/mol. The Balaban J connectivity index is 1.48. The lowest BCUT2D eigenvalue weighted by Crippen LogP contribution is -2.38. The lowest BCUT2D eigenvalue weighted by Gasteiger charge is -2.22. The molecule has 3 atom stereocenters. The maximum Gasteiger partial charge on any atom is 0.220 e. The van der Waals surface area contributed by atoms with Gasteiger partial charge in [-0.3, -0.25) is 4.79 Å². The molecular formula is C18H25NO2. The van der Waals surface area contributed by atoms with Crippen molar-refractivity contribution in [1.82, 2.24) is 5.32 Å². The van der Waals surface area contributed by atoms with Crippen molar-refractivity contribution in [1.29, 1.82) is 0 Å². The molecule has 0 aliphatic heterocycles. The molecule has 3 rings (SSSR count). The van der Waals surface area contributed by atoms with Gasteiger partial charge >= 0.3 is 0 Å². The van der Waals surface area contributed by atoms with Crippen LogP contribution in [0.5, 0.6) is 5.75 Å². The van der Waals surface area contributed by atoms with E-state index in [-0.39, 0.29) is 5.91 Å². The highest BCUT2D eigenvalue weighted by molar-refractivity contribution is 5.76. The van der Waals surface area contributed by atoms with Crippen molar-refractivity contribution in [3.8, 4) is 5.75 Å². The molecule has 0 aromatic heterocycles. The first-order valence-corrected chi connectivity index (χ1v) is 8.08. The molecule has 1 N–H and O–H groups in total. The lowest BCUT2D eigenvalue weighted by molar-refractivity contribution is -0.122. The van der Waals surface area contributed by atoms with Gasteiger partial charge in [-0.15, -0.1) is 0 Å². The van der Waals surface area contributed by atoms with Crippen LogP contribution in [0.15, 0.2) is 18.2 Å². The molecule has 0 radical (unpaired) electrons. The van der Waals surface area contributed by atoms with Crippen molar-refractivity contribution >= 4 is 5.91 Å². The number of nitrogens with one attached hydrogen (secondary N) is 1. The van der Waals surface area contributed by atoms with Gasteiger partial charge < -0.3 is 10.1 Å². The third-order valence-corrected chi connectivity index (χ3v) is 5.18. The number of carbonyl (C=O) groups is 1. The van der Waals surface area contributed by atoms with Crippen LogP contribution < -0.4 is 10.1 Å². The number of rotatable bonds is 5. The normalized spacial score (nSPS) is 26.9. The molecule has 0 saturated heterocycles. The Morgan fingerprint density at radius 3 is 2.81 bits per heavy atom. The maximum atomic E-state index is 12.1. The minimum absolute atomic E-state index is 0.209. The third kappa shape index (κ3) is 3.22. The van der Waals surface area contributed by atoms with Gasteiger partial charge in [-0.2, -0.15) is 0 Å². The first kappa shape index (κ1) is 14.4. The molecule has 114 valence electrons. The summed E-state index contributed by atoms with van der Waals surface area (Å²) in [4.78, 5) is 12.1. The summed E-state index contributed by atoms with van der Waals surface area (Å²) in [5, 5.41) is 3.25. The van der Waals surface area contributed by atoms with Crippen molar-refractivity contribution in [2.45, 2.75) is 51.5 Å². The van der Waals surface area contributed by atoms with E-state index in [1.807, 2.05) is 13.0 Å². The fourth-order valence-corrected chi connectivity index (χ4v) is 4.05. The van der Waals surface area contributed by atoms with Gasteiger partial charge in [0, 0.05) is 12.5 Å². The summed E-state index contributed by atoms with van der Waals surface area (Å²) < 4.78 is 5.26. The van der Waals surface area contributed by atoms with Crippen LogP contribution in [0.25, 0.3) is 0 Å². The van der Waals surface area contributed by atoms with E-state index in [1.54, 1.807) is 7.11 Å². The first-order chi connectivity index (χ1) is 10.2. The molecule has 1 amide bonds. The zero-order valence-electron chi connectivity index (χ0n) is 13.0. The Kier molecular flexibility index (Phi) is 4.18. The zero-order chi connectivity index (χ0) is 14.8. The predicted molar refractivity (Wildman–Crippen MR) is 83.4 cm³/mol. The Morgan fingerprint density at radius 2 is 2.19 bits per heavy atom. The van der Waals surface area contributed by atoms with Crippen molar-refractivity contribution in [2.24, 2.45) is 11.8 Å². The fraction of sp³-hybridized carbons (Fsp3) is 0.611. The number of ether oxygens (including phenoxy) is 1. The number of benzene rings is 1. The molecule has 0 spiro atoms. The SMILES string of the molecule is COc1ccc(CCC(=O)N[C@@H]2C[C@@H]3CC[C@@H]2C3)cc1C. The van der Waals surface area contributed by atoms with Gasteiger partial charge in [0.2, 0.25) is 5.91 Å². The quantitative estimate of drug-likeness (QED) is 0.903. The summed E-state index contributed by atoms with van der Waals surface area (Å²) in [5.74, 6) is 2.75. The van der Waals surface area contributed by atoms with E-state index in [4.69, 9.17) is 4.74 Å². The Bertz CT molecular complexity index is 526. The molecule has 3 heteroatoms. The molecule has 2 aliphatic carbocycles. The third-order valence-electron chi connectivity index (χ3n) is 5.18. The Labute approximate surface area is 127 Å². The second-order valence-electron chi connectivity index (χ2n) is 6.65. The summed E-state index contributed by atoms with van der Waals surface area (Å²) in [7, 11) is 1.69. The van der Waals surface area contributed by atoms with E-state index in [9.17, 15) is 4.79 Å². The number of carbonyl (C=O) groups excluding carboxylic acids is 1. The highest BCUT2D eigenvalue weighted by Gasteiger charge is 2.39. The maximum absolute atomic E-state index is 12.1.